The average molecular weight is 662 g/mol. The number of hydrogen-bond donors (Lipinski definition) is 4. The largest absolute Gasteiger partial charge is 0.369 e. The Morgan fingerprint density at radius 3 is 2.67 bits per heavy atom. The molecule has 0 radical (unpaired) electrons. The third-order valence-electron chi connectivity index (χ3n) is 8.68. The molecule has 4 heterocycles. The van der Waals surface area contributed by atoms with Crippen LogP contribution in [-0.4, -0.2) is 80.5 Å². The Labute approximate surface area is 285 Å². The van der Waals surface area contributed by atoms with E-state index in [0.29, 0.717) is 30.7 Å². The zero-order chi connectivity index (χ0) is 34.5. The van der Waals surface area contributed by atoms with Crippen LogP contribution in [-0.2, 0) is 16.1 Å². The molecule has 2 aromatic carbocycles. The molecular formula is C36H43N11O2. The number of likely N-dealkylation sites (N-methyl/N-ethyl adjacent to an activating group) is 1. The molecule has 3 aromatic heterocycles. The standard InChI is InChI=1S/C36H43N11O2/c1-23(2)30-21-41-47-34(30)43-36(46-17-13-26(37)14-18-46)44-35(47)40-20-25-7-4-5-8-28(25)33-29-11-10-27(19-24(29)12-15-39-33)42-32(49)9-6-16-45(3)22-31(38)48/h4-12,15,19,21,23,26H,13-14,16-18,20,22,37H2,1-3H3,(H2,38,48)(H,42,49)(H,40,43,44)/b9-6+. The van der Waals surface area contributed by atoms with Gasteiger partial charge in [0.05, 0.1) is 18.4 Å². The Balaban J connectivity index is 1.23. The van der Waals surface area contributed by atoms with Gasteiger partial charge in [0, 0.05) is 66.7 Å². The average Bonchev–Trinajstić information content (AvgIpc) is 3.52. The van der Waals surface area contributed by atoms with Crippen LogP contribution in [0.2, 0.25) is 0 Å². The molecule has 1 aliphatic rings. The fraction of sp³-hybridized carbons (Fsp3) is 0.333. The maximum atomic E-state index is 12.6. The molecule has 1 saturated heterocycles. The van der Waals surface area contributed by atoms with Crippen molar-refractivity contribution in [1.82, 2.24) is 29.5 Å². The van der Waals surface area contributed by atoms with Gasteiger partial charge in [-0.1, -0.05) is 50.3 Å². The van der Waals surface area contributed by atoms with E-state index in [-0.39, 0.29) is 24.4 Å². The molecule has 49 heavy (non-hydrogen) atoms. The molecule has 5 aromatic rings. The van der Waals surface area contributed by atoms with Gasteiger partial charge in [0.15, 0.2) is 5.65 Å². The van der Waals surface area contributed by atoms with Gasteiger partial charge < -0.3 is 27.0 Å². The minimum atomic E-state index is -0.418. The second-order valence-corrected chi connectivity index (χ2v) is 12.8. The number of nitrogens with zero attached hydrogens (tertiary/aromatic N) is 7. The highest BCUT2D eigenvalue weighted by atomic mass is 16.2. The van der Waals surface area contributed by atoms with E-state index in [1.54, 1.807) is 28.7 Å². The molecule has 0 spiro atoms. The number of anilines is 3. The lowest BCUT2D eigenvalue weighted by molar-refractivity contribution is -0.118. The van der Waals surface area contributed by atoms with Crippen molar-refractivity contribution in [3.05, 3.63) is 84.2 Å². The zero-order valence-corrected chi connectivity index (χ0v) is 28.1. The lowest BCUT2D eigenvalue weighted by atomic mass is 9.99. The van der Waals surface area contributed by atoms with Crippen molar-refractivity contribution >= 4 is 45.8 Å². The topological polar surface area (TPSA) is 173 Å². The summed E-state index contributed by atoms with van der Waals surface area (Å²) in [6.45, 7) is 6.94. The third kappa shape index (κ3) is 7.85. The number of benzene rings is 2. The van der Waals surface area contributed by atoms with E-state index >= 15 is 0 Å². The molecule has 13 nitrogen and oxygen atoms in total. The summed E-state index contributed by atoms with van der Waals surface area (Å²) in [6, 6.07) is 16.1. The second-order valence-electron chi connectivity index (χ2n) is 12.8. The summed E-state index contributed by atoms with van der Waals surface area (Å²) in [4.78, 5) is 42.3. The zero-order valence-electron chi connectivity index (χ0n) is 28.1. The Bertz CT molecular complexity index is 2000. The molecule has 2 amide bonds. The normalized spacial score (nSPS) is 14.0. The SMILES string of the molecule is CC(C)c1cnn2c(NCc3ccccc3-c3nccc4cc(NC(=O)/C=C/CN(C)CC(N)=O)ccc34)nc(N3CCC(N)CC3)nc12. The lowest BCUT2D eigenvalue weighted by Crippen LogP contribution is -2.40. The highest BCUT2D eigenvalue weighted by Crippen LogP contribution is 2.31. The molecule has 0 bridgehead atoms. The Kier molecular flexibility index (Phi) is 10.1. The quantitative estimate of drug-likeness (QED) is 0.144. The molecule has 13 heteroatoms. The predicted molar refractivity (Wildman–Crippen MR) is 193 cm³/mol. The van der Waals surface area contributed by atoms with Crippen molar-refractivity contribution in [2.45, 2.75) is 45.2 Å². The van der Waals surface area contributed by atoms with Crippen LogP contribution < -0.4 is 27.0 Å². The van der Waals surface area contributed by atoms with Crippen molar-refractivity contribution in [2.75, 3.05) is 48.8 Å². The van der Waals surface area contributed by atoms with Crippen LogP contribution in [0.1, 0.15) is 43.7 Å². The van der Waals surface area contributed by atoms with Crippen molar-refractivity contribution in [1.29, 1.82) is 0 Å². The van der Waals surface area contributed by atoms with E-state index in [2.05, 4.69) is 46.6 Å². The maximum Gasteiger partial charge on any atom is 0.248 e. The summed E-state index contributed by atoms with van der Waals surface area (Å²) in [7, 11) is 1.76. The molecule has 0 atom stereocenters. The smallest absolute Gasteiger partial charge is 0.248 e. The Morgan fingerprint density at radius 1 is 1.10 bits per heavy atom. The number of piperidine rings is 1. The van der Waals surface area contributed by atoms with Crippen molar-refractivity contribution in [3.8, 4) is 11.3 Å². The summed E-state index contributed by atoms with van der Waals surface area (Å²) >= 11 is 0. The highest BCUT2D eigenvalue weighted by Gasteiger charge is 2.22. The van der Waals surface area contributed by atoms with E-state index in [4.69, 9.17) is 26.4 Å². The van der Waals surface area contributed by atoms with E-state index in [9.17, 15) is 9.59 Å². The van der Waals surface area contributed by atoms with Crippen LogP contribution in [0.5, 0.6) is 0 Å². The van der Waals surface area contributed by atoms with Gasteiger partial charge in [0.25, 0.3) is 0 Å². The minimum absolute atomic E-state index is 0.121. The third-order valence-corrected chi connectivity index (χ3v) is 8.68. The van der Waals surface area contributed by atoms with E-state index in [1.165, 1.54) is 6.08 Å². The van der Waals surface area contributed by atoms with Crippen LogP contribution >= 0.6 is 0 Å². The molecule has 0 saturated carbocycles. The van der Waals surface area contributed by atoms with Crippen molar-refractivity contribution in [3.63, 3.8) is 0 Å². The van der Waals surface area contributed by atoms with Gasteiger partial charge in [-0.15, -0.1) is 0 Å². The number of nitrogens with one attached hydrogen (secondary N) is 2. The number of hydrogen-bond acceptors (Lipinski definition) is 10. The summed E-state index contributed by atoms with van der Waals surface area (Å²) in [6.07, 6.45) is 8.61. The first-order chi connectivity index (χ1) is 23.7. The molecular weight excluding hydrogens is 618 g/mol. The molecule has 1 fully saturated rings. The van der Waals surface area contributed by atoms with Crippen LogP contribution in [0.25, 0.3) is 27.7 Å². The van der Waals surface area contributed by atoms with Crippen LogP contribution in [0.15, 0.2) is 73.1 Å². The van der Waals surface area contributed by atoms with Crippen LogP contribution in [0.3, 0.4) is 0 Å². The number of rotatable bonds is 12. The number of amides is 2. The van der Waals surface area contributed by atoms with Gasteiger partial charge in [-0.2, -0.15) is 19.6 Å². The molecule has 254 valence electrons. The number of primary amides is 1. The Morgan fingerprint density at radius 2 is 1.90 bits per heavy atom. The summed E-state index contributed by atoms with van der Waals surface area (Å²) < 4.78 is 1.79. The van der Waals surface area contributed by atoms with Crippen molar-refractivity contribution in [2.24, 2.45) is 11.5 Å². The van der Waals surface area contributed by atoms with E-state index in [1.807, 2.05) is 42.6 Å². The van der Waals surface area contributed by atoms with Gasteiger partial charge in [0.1, 0.15) is 0 Å². The molecule has 6 rings (SSSR count). The molecule has 0 aliphatic carbocycles. The number of aromatic nitrogens is 5. The van der Waals surface area contributed by atoms with Gasteiger partial charge in [0.2, 0.25) is 23.7 Å². The second kappa shape index (κ2) is 14.8. The predicted octanol–water partition coefficient (Wildman–Crippen LogP) is 3.91. The summed E-state index contributed by atoms with van der Waals surface area (Å²) in [5, 5.41) is 13.0. The summed E-state index contributed by atoms with van der Waals surface area (Å²) in [5.74, 6) is 0.881. The fourth-order valence-electron chi connectivity index (χ4n) is 6.05. The number of fused-ring (bicyclic) bond motifs is 2. The number of carbonyl (C=O) groups excluding carboxylic acids is 2. The monoisotopic (exact) mass is 661 g/mol. The van der Waals surface area contributed by atoms with Gasteiger partial charge in [-0.25, -0.2) is 0 Å². The van der Waals surface area contributed by atoms with Gasteiger partial charge in [-0.05, 0) is 55.0 Å². The van der Waals surface area contributed by atoms with E-state index in [0.717, 1.165) is 64.7 Å². The van der Waals surface area contributed by atoms with E-state index < -0.39 is 5.91 Å². The van der Waals surface area contributed by atoms with Crippen molar-refractivity contribution < 1.29 is 9.59 Å². The lowest BCUT2D eigenvalue weighted by Gasteiger charge is -2.30. The fourth-order valence-corrected chi connectivity index (χ4v) is 6.05. The molecule has 0 unspecified atom stereocenters. The van der Waals surface area contributed by atoms with Crippen LogP contribution in [0, 0.1) is 0 Å². The first-order valence-electron chi connectivity index (χ1n) is 16.6. The number of carbonyl (C=O) groups is 2. The first kappa shape index (κ1) is 33.5. The van der Waals surface area contributed by atoms with Gasteiger partial charge >= 0.3 is 0 Å². The number of pyridine rings is 1. The first-order valence-corrected chi connectivity index (χ1v) is 16.6. The summed E-state index contributed by atoms with van der Waals surface area (Å²) in [5.41, 5.74) is 16.8. The highest BCUT2D eigenvalue weighted by molar-refractivity contribution is 6.02. The number of nitrogens with two attached hydrogens (primary N) is 2. The van der Waals surface area contributed by atoms with Crippen LogP contribution in [0.4, 0.5) is 17.6 Å². The molecule has 1 aliphatic heterocycles. The molecule has 6 N–H and O–H groups in total. The van der Waals surface area contributed by atoms with Gasteiger partial charge in [-0.3, -0.25) is 19.5 Å². The Hall–Kier alpha value is -5.40. The maximum absolute atomic E-state index is 12.6. The minimum Gasteiger partial charge on any atom is -0.369 e.